The van der Waals surface area contributed by atoms with E-state index in [9.17, 15) is 23.3 Å². The van der Waals surface area contributed by atoms with Gasteiger partial charge in [-0.2, -0.15) is 4.99 Å². The van der Waals surface area contributed by atoms with Gasteiger partial charge in [-0.1, -0.05) is 6.92 Å². The number of aryl methyl sites for hydroxylation is 1. The van der Waals surface area contributed by atoms with Crippen molar-refractivity contribution in [2.75, 3.05) is 0 Å². The van der Waals surface area contributed by atoms with Crippen LogP contribution in [-0.4, -0.2) is 30.5 Å². The summed E-state index contributed by atoms with van der Waals surface area (Å²) in [5.74, 6) is -1.37. The van der Waals surface area contributed by atoms with Crippen molar-refractivity contribution in [2.24, 2.45) is 16.5 Å². The molecule has 10 heteroatoms. The van der Waals surface area contributed by atoms with Crippen molar-refractivity contribution in [3.8, 4) is 0 Å². The highest BCUT2D eigenvalue weighted by Crippen LogP contribution is 2.31. The molecule has 23 heavy (non-hydrogen) atoms. The predicted octanol–water partition coefficient (Wildman–Crippen LogP) is 0.889. The zero-order valence-electron chi connectivity index (χ0n) is 12.9. The van der Waals surface area contributed by atoms with Crippen LogP contribution in [0.5, 0.6) is 0 Å². The van der Waals surface area contributed by atoms with Gasteiger partial charge in [0.15, 0.2) is 15.8 Å². The summed E-state index contributed by atoms with van der Waals surface area (Å²) < 4.78 is 24.9. The fourth-order valence-corrected chi connectivity index (χ4v) is 3.52. The number of hydrogen-bond acceptors (Lipinski definition) is 5. The second-order valence-corrected chi connectivity index (χ2v) is 7.33. The number of nitro benzene ring substituents is 1. The first-order chi connectivity index (χ1) is 10.5. The van der Waals surface area contributed by atoms with Gasteiger partial charge in [0, 0.05) is 6.07 Å². The van der Waals surface area contributed by atoms with Crippen molar-refractivity contribution in [1.82, 2.24) is 0 Å². The van der Waals surface area contributed by atoms with Crippen LogP contribution in [0.1, 0.15) is 36.2 Å². The van der Waals surface area contributed by atoms with Gasteiger partial charge in [0.1, 0.15) is 4.90 Å². The topological polar surface area (TPSA) is 159 Å². The largest absolute Gasteiger partial charge is 0.370 e. The van der Waals surface area contributed by atoms with Crippen molar-refractivity contribution in [3.05, 3.63) is 33.4 Å². The standard InChI is InChI=1S/C13H18N4O5S/c1-4-8(3)23(21,22)11-5-7(2)9(6-10(11)17(19)20)12(18)16-13(14)15/h5-6,8H,4H2,1-3H3,(H4,14,15,16,18). The van der Waals surface area contributed by atoms with Gasteiger partial charge < -0.3 is 11.5 Å². The van der Waals surface area contributed by atoms with Gasteiger partial charge in [-0.15, -0.1) is 0 Å². The third-order valence-electron chi connectivity index (χ3n) is 3.37. The van der Waals surface area contributed by atoms with Crippen LogP contribution < -0.4 is 11.5 Å². The van der Waals surface area contributed by atoms with Crippen molar-refractivity contribution < 1.29 is 18.1 Å². The summed E-state index contributed by atoms with van der Waals surface area (Å²) in [5, 5.41) is 10.4. The molecule has 0 bridgehead atoms. The summed E-state index contributed by atoms with van der Waals surface area (Å²) in [7, 11) is -3.89. The molecule has 0 aromatic heterocycles. The number of benzene rings is 1. The number of amides is 1. The number of nitrogens with zero attached hydrogens (tertiary/aromatic N) is 2. The summed E-state index contributed by atoms with van der Waals surface area (Å²) in [5.41, 5.74) is 9.65. The number of nitrogens with two attached hydrogens (primary N) is 2. The summed E-state index contributed by atoms with van der Waals surface area (Å²) in [6, 6.07) is 1.99. The Morgan fingerprint density at radius 3 is 2.39 bits per heavy atom. The molecule has 0 saturated heterocycles. The Kier molecular flexibility index (Phi) is 5.43. The minimum atomic E-state index is -3.89. The Balaban J connectivity index is 3.66. The number of hydrogen-bond donors (Lipinski definition) is 2. The van der Waals surface area contributed by atoms with Gasteiger partial charge in [-0.05, 0) is 31.9 Å². The van der Waals surface area contributed by atoms with Crippen LogP contribution in [0, 0.1) is 17.0 Å². The van der Waals surface area contributed by atoms with E-state index in [1.54, 1.807) is 6.92 Å². The number of aliphatic imine (C=N–C) groups is 1. The van der Waals surface area contributed by atoms with E-state index in [4.69, 9.17) is 11.5 Å². The zero-order chi connectivity index (χ0) is 17.9. The number of carbonyl (C=O) groups is 1. The fourth-order valence-electron chi connectivity index (χ4n) is 1.88. The molecule has 1 aromatic carbocycles. The third-order valence-corrected chi connectivity index (χ3v) is 5.71. The molecule has 0 heterocycles. The number of guanidine groups is 1. The van der Waals surface area contributed by atoms with E-state index in [-0.39, 0.29) is 11.1 Å². The molecular formula is C13H18N4O5S. The highest BCUT2D eigenvalue weighted by atomic mass is 32.2. The Hall–Kier alpha value is -2.49. The van der Waals surface area contributed by atoms with Crippen LogP contribution in [-0.2, 0) is 9.84 Å². The molecule has 0 spiro atoms. The minimum absolute atomic E-state index is 0.131. The second kappa shape index (κ2) is 6.73. The molecule has 0 aliphatic heterocycles. The average Bonchev–Trinajstić information content (AvgIpc) is 2.44. The van der Waals surface area contributed by atoms with Crippen LogP contribution in [0.4, 0.5) is 5.69 Å². The van der Waals surface area contributed by atoms with Crippen LogP contribution >= 0.6 is 0 Å². The second-order valence-electron chi connectivity index (χ2n) is 5.00. The molecule has 0 aliphatic carbocycles. The van der Waals surface area contributed by atoms with Crippen molar-refractivity contribution >= 4 is 27.4 Å². The van der Waals surface area contributed by atoms with E-state index in [1.807, 2.05) is 0 Å². The quantitative estimate of drug-likeness (QED) is 0.348. The number of carbonyl (C=O) groups excluding carboxylic acids is 1. The molecule has 0 aliphatic rings. The average molecular weight is 342 g/mol. The van der Waals surface area contributed by atoms with Crippen LogP contribution in [0.3, 0.4) is 0 Å². The van der Waals surface area contributed by atoms with E-state index < -0.39 is 42.5 Å². The molecule has 1 amide bonds. The van der Waals surface area contributed by atoms with Gasteiger partial charge in [0.05, 0.1) is 15.7 Å². The Bertz CT molecular complexity index is 782. The number of sulfone groups is 1. The number of nitro groups is 1. The van der Waals surface area contributed by atoms with Crippen LogP contribution in [0.2, 0.25) is 0 Å². The van der Waals surface area contributed by atoms with Gasteiger partial charge in [0.2, 0.25) is 0 Å². The summed E-state index contributed by atoms with van der Waals surface area (Å²) >= 11 is 0. The number of rotatable bonds is 5. The molecule has 0 saturated carbocycles. The normalized spacial score (nSPS) is 12.5. The van der Waals surface area contributed by atoms with E-state index in [0.717, 1.165) is 12.1 Å². The first-order valence-corrected chi connectivity index (χ1v) is 8.23. The Morgan fingerprint density at radius 1 is 1.39 bits per heavy atom. The van der Waals surface area contributed by atoms with E-state index in [0.29, 0.717) is 6.42 Å². The lowest BCUT2D eigenvalue weighted by molar-refractivity contribution is -0.387. The zero-order valence-corrected chi connectivity index (χ0v) is 13.8. The fraction of sp³-hybridized carbons (Fsp3) is 0.385. The SMILES string of the molecule is CCC(C)S(=O)(=O)c1cc(C)c(C(=O)N=C(N)N)cc1[N+](=O)[O-]. The van der Waals surface area contributed by atoms with Gasteiger partial charge in [-0.25, -0.2) is 8.42 Å². The van der Waals surface area contributed by atoms with Gasteiger partial charge >= 0.3 is 0 Å². The molecule has 1 rings (SSSR count). The summed E-state index contributed by atoms with van der Waals surface area (Å²) in [6.07, 6.45) is 0.299. The lowest BCUT2D eigenvalue weighted by Gasteiger charge is -2.13. The Morgan fingerprint density at radius 2 is 1.96 bits per heavy atom. The third kappa shape index (κ3) is 3.83. The Labute approximate surface area is 133 Å². The lowest BCUT2D eigenvalue weighted by atomic mass is 10.1. The molecule has 1 aromatic rings. The highest BCUT2D eigenvalue weighted by Gasteiger charge is 2.32. The van der Waals surface area contributed by atoms with Crippen molar-refractivity contribution in [1.29, 1.82) is 0 Å². The van der Waals surface area contributed by atoms with Gasteiger partial charge in [-0.3, -0.25) is 14.9 Å². The minimum Gasteiger partial charge on any atom is -0.370 e. The lowest BCUT2D eigenvalue weighted by Crippen LogP contribution is -2.24. The molecule has 0 radical (unpaired) electrons. The molecule has 9 nitrogen and oxygen atoms in total. The smallest absolute Gasteiger partial charge is 0.288 e. The van der Waals surface area contributed by atoms with Crippen LogP contribution in [0.25, 0.3) is 0 Å². The maximum Gasteiger partial charge on any atom is 0.288 e. The van der Waals surface area contributed by atoms with Gasteiger partial charge in [0.25, 0.3) is 11.6 Å². The maximum atomic E-state index is 12.4. The molecule has 126 valence electrons. The molecule has 1 unspecified atom stereocenters. The molecule has 4 N–H and O–H groups in total. The molecule has 0 fully saturated rings. The monoisotopic (exact) mass is 342 g/mol. The summed E-state index contributed by atoms with van der Waals surface area (Å²) in [6.45, 7) is 4.58. The molecular weight excluding hydrogens is 324 g/mol. The van der Waals surface area contributed by atoms with E-state index in [1.165, 1.54) is 13.8 Å². The van der Waals surface area contributed by atoms with Crippen molar-refractivity contribution in [2.45, 2.75) is 37.3 Å². The molecule has 1 atom stereocenters. The van der Waals surface area contributed by atoms with E-state index in [2.05, 4.69) is 4.99 Å². The summed E-state index contributed by atoms with van der Waals surface area (Å²) in [4.78, 5) is 25.2. The predicted molar refractivity (Wildman–Crippen MR) is 84.9 cm³/mol. The maximum absolute atomic E-state index is 12.4. The van der Waals surface area contributed by atoms with Crippen LogP contribution in [0.15, 0.2) is 22.0 Å². The first-order valence-electron chi connectivity index (χ1n) is 6.69. The van der Waals surface area contributed by atoms with E-state index >= 15 is 0 Å². The van der Waals surface area contributed by atoms with Crippen molar-refractivity contribution in [3.63, 3.8) is 0 Å². The first kappa shape index (κ1) is 18.6. The highest BCUT2D eigenvalue weighted by molar-refractivity contribution is 7.92.